The van der Waals surface area contributed by atoms with Crippen molar-refractivity contribution in [1.82, 2.24) is 30.5 Å². The van der Waals surface area contributed by atoms with Crippen LogP contribution in [0.2, 0.25) is 0 Å². The first-order chi connectivity index (χ1) is 13.2. The van der Waals surface area contributed by atoms with Gasteiger partial charge in [-0.25, -0.2) is 9.67 Å². The summed E-state index contributed by atoms with van der Waals surface area (Å²) in [4.78, 5) is 30.2. The van der Waals surface area contributed by atoms with Crippen LogP contribution < -0.4 is 15.5 Å². The lowest BCUT2D eigenvalue weighted by molar-refractivity contribution is -0.120. The molecule has 1 fully saturated rings. The molecule has 0 radical (unpaired) electrons. The van der Waals surface area contributed by atoms with E-state index in [1.807, 2.05) is 4.90 Å². The number of rotatable bonds is 4. The Bertz CT molecular complexity index is 955. The number of nitrogens with zero attached hydrogens (tertiary/aromatic N) is 6. The fourth-order valence-corrected chi connectivity index (χ4v) is 2.75. The molecule has 27 heavy (non-hydrogen) atoms. The van der Waals surface area contributed by atoms with Gasteiger partial charge < -0.3 is 15.5 Å². The third kappa shape index (κ3) is 3.73. The smallest absolute Gasteiger partial charge is 0.255 e. The monoisotopic (exact) mass is 364 g/mol. The first kappa shape index (κ1) is 16.6. The van der Waals surface area contributed by atoms with Crippen molar-refractivity contribution in [2.45, 2.75) is 0 Å². The molecule has 136 valence electrons. The van der Waals surface area contributed by atoms with Gasteiger partial charge in [0.15, 0.2) is 0 Å². The average molecular weight is 364 g/mol. The minimum absolute atomic E-state index is 0.0251. The van der Waals surface area contributed by atoms with Gasteiger partial charge in [0.1, 0.15) is 12.1 Å². The van der Waals surface area contributed by atoms with Crippen LogP contribution in [0.1, 0.15) is 10.4 Å². The zero-order chi connectivity index (χ0) is 18.6. The number of tetrazole rings is 1. The van der Waals surface area contributed by atoms with Crippen molar-refractivity contribution in [3.05, 3.63) is 54.5 Å². The summed E-state index contributed by atoms with van der Waals surface area (Å²) in [5, 5.41) is 16.6. The summed E-state index contributed by atoms with van der Waals surface area (Å²) in [6.07, 6.45) is 3.03. The topological polar surface area (TPSA) is 118 Å². The maximum Gasteiger partial charge on any atom is 0.255 e. The quantitative estimate of drug-likeness (QED) is 0.681. The van der Waals surface area contributed by atoms with Gasteiger partial charge in [-0.3, -0.25) is 9.59 Å². The standard InChI is InChI=1S/C17H16N8O2/c26-16-10-24(7-6-18-16)15-5-4-13(9-19-15)21-17(27)12-2-1-3-14(8-12)25-11-20-22-23-25/h1-5,8-9,11H,6-7,10H2,(H,18,26)(H,21,27). The number of benzene rings is 1. The van der Waals surface area contributed by atoms with Crippen LogP contribution in [0, 0.1) is 0 Å². The van der Waals surface area contributed by atoms with Crippen LogP contribution in [0.3, 0.4) is 0 Å². The van der Waals surface area contributed by atoms with Crippen molar-refractivity contribution in [2.24, 2.45) is 0 Å². The van der Waals surface area contributed by atoms with E-state index in [-0.39, 0.29) is 18.4 Å². The molecule has 0 unspecified atom stereocenters. The van der Waals surface area contributed by atoms with E-state index in [2.05, 4.69) is 31.1 Å². The van der Waals surface area contributed by atoms with Gasteiger partial charge in [0.25, 0.3) is 5.91 Å². The summed E-state index contributed by atoms with van der Waals surface area (Å²) in [7, 11) is 0. The van der Waals surface area contributed by atoms with E-state index in [4.69, 9.17) is 0 Å². The Morgan fingerprint density at radius 3 is 2.89 bits per heavy atom. The minimum atomic E-state index is -0.267. The van der Waals surface area contributed by atoms with Crippen molar-refractivity contribution in [3.63, 3.8) is 0 Å². The Morgan fingerprint density at radius 2 is 2.15 bits per heavy atom. The van der Waals surface area contributed by atoms with E-state index < -0.39 is 0 Å². The van der Waals surface area contributed by atoms with E-state index in [1.54, 1.807) is 42.6 Å². The molecule has 0 aliphatic carbocycles. The third-order valence-electron chi connectivity index (χ3n) is 4.09. The van der Waals surface area contributed by atoms with Crippen LogP contribution in [0.5, 0.6) is 0 Å². The molecule has 1 aromatic carbocycles. The first-order valence-corrected chi connectivity index (χ1v) is 8.31. The van der Waals surface area contributed by atoms with Gasteiger partial charge in [-0.15, -0.1) is 5.10 Å². The molecule has 3 aromatic rings. The fraction of sp³-hybridized carbons (Fsp3) is 0.176. The normalized spacial score (nSPS) is 13.9. The Hall–Kier alpha value is -3.82. The number of pyridine rings is 1. The van der Waals surface area contributed by atoms with Crippen LogP contribution in [-0.2, 0) is 4.79 Å². The predicted molar refractivity (Wildman–Crippen MR) is 96.6 cm³/mol. The lowest BCUT2D eigenvalue weighted by Crippen LogP contribution is -2.48. The van der Waals surface area contributed by atoms with Gasteiger partial charge in [-0.1, -0.05) is 6.07 Å². The van der Waals surface area contributed by atoms with Crippen LogP contribution in [0.4, 0.5) is 11.5 Å². The summed E-state index contributed by atoms with van der Waals surface area (Å²) in [5.74, 6) is 0.406. The first-order valence-electron chi connectivity index (χ1n) is 8.31. The van der Waals surface area contributed by atoms with E-state index in [9.17, 15) is 9.59 Å². The number of aromatic nitrogens is 5. The highest BCUT2D eigenvalue weighted by atomic mass is 16.2. The highest BCUT2D eigenvalue weighted by Gasteiger charge is 2.17. The molecule has 0 bridgehead atoms. The zero-order valence-electron chi connectivity index (χ0n) is 14.2. The molecule has 1 aliphatic heterocycles. The summed E-state index contributed by atoms with van der Waals surface area (Å²) in [6.45, 7) is 1.58. The summed E-state index contributed by atoms with van der Waals surface area (Å²) >= 11 is 0. The van der Waals surface area contributed by atoms with Gasteiger partial charge in [-0.05, 0) is 40.8 Å². The van der Waals surface area contributed by atoms with E-state index in [0.717, 1.165) is 0 Å². The van der Waals surface area contributed by atoms with Gasteiger partial charge in [0.2, 0.25) is 5.91 Å². The lowest BCUT2D eigenvalue weighted by Gasteiger charge is -2.27. The molecule has 1 aliphatic rings. The van der Waals surface area contributed by atoms with Gasteiger partial charge in [-0.2, -0.15) is 0 Å². The van der Waals surface area contributed by atoms with Crippen LogP contribution in [0.15, 0.2) is 48.9 Å². The van der Waals surface area contributed by atoms with Crippen LogP contribution in [0.25, 0.3) is 5.69 Å². The van der Waals surface area contributed by atoms with Gasteiger partial charge >= 0.3 is 0 Å². The number of hydrogen-bond donors (Lipinski definition) is 2. The summed E-state index contributed by atoms with van der Waals surface area (Å²) in [5.41, 5.74) is 1.72. The lowest BCUT2D eigenvalue weighted by atomic mass is 10.2. The van der Waals surface area contributed by atoms with E-state index >= 15 is 0 Å². The summed E-state index contributed by atoms with van der Waals surface area (Å²) in [6, 6.07) is 10.5. The van der Waals surface area contributed by atoms with E-state index in [0.29, 0.717) is 35.8 Å². The second-order valence-corrected chi connectivity index (χ2v) is 5.94. The average Bonchev–Trinajstić information content (AvgIpc) is 3.24. The Kier molecular flexibility index (Phi) is 4.44. The molecule has 10 heteroatoms. The highest BCUT2D eigenvalue weighted by molar-refractivity contribution is 6.04. The largest absolute Gasteiger partial charge is 0.353 e. The SMILES string of the molecule is O=C1CN(c2ccc(NC(=O)c3cccc(-n4cnnn4)c3)cn2)CCN1. The molecule has 0 spiro atoms. The number of carbonyl (C=O) groups is 2. The van der Waals surface area contributed by atoms with Crippen molar-refractivity contribution < 1.29 is 9.59 Å². The Morgan fingerprint density at radius 1 is 1.22 bits per heavy atom. The van der Waals surface area contributed by atoms with Crippen molar-refractivity contribution in [2.75, 3.05) is 29.9 Å². The van der Waals surface area contributed by atoms with Crippen molar-refractivity contribution in [3.8, 4) is 5.69 Å². The molecule has 1 saturated heterocycles. The van der Waals surface area contributed by atoms with Gasteiger partial charge in [0, 0.05) is 18.7 Å². The van der Waals surface area contributed by atoms with Crippen molar-refractivity contribution in [1.29, 1.82) is 0 Å². The van der Waals surface area contributed by atoms with E-state index in [1.165, 1.54) is 11.0 Å². The molecular formula is C17H16N8O2. The molecule has 2 aromatic heterocycles. The molecule has 10 nitrogen and oxygen atoms in total. The molecule has 2 N–H and O–H groups in total. The molecule has 0 atom stereocenters. The maximum atomic E-state index is 12.5. The molecule has 3 heterocycles. The molecule has 0 saturated carbocycles. The third-order valence-corrected chi connectivity index (χ3v) is 4.09. The zero-order valence-corrected chi connectivity index (χ0v) is 14.2. The minimum Gasteiger partial charge on any atom is -0.353 e. The van der Waals surface area contributed by atoms with Gasteiger partial charge in [0.05, 0.1) is 24.1 Å². The van der Waals surface area contributed by atoms with Crippen LogP contribution in [-0.4, -0.2) is 56.6 Å². The molecule has 2 amide bonds. The number of anilines is 2. The van der Waals surface area contributed by atoms with Crippen LogP contribution >= 0.6 is 0 Å². The second kappa shape index (κ2) is 7.20. The number of nitrogens with one attached hydrogen (secondary N) is 2. The second-order valence-electron chi connectivity index (χ2n) is 5.94. The fourth-order valence-electron chi connectivity index (χ4n) is 2.75. The Labute approximate surface area is 154 Å². The Balaban J connectivity index is 1.45. The molecule has 4 rings (SSSR count). The number of carbonyl (C=O) groups excluding carboxylic acids is 2. The highest BCUT2D eigenvalue weighted by Crippen LogP contribution is 2.16. The predicted octanol–water partition coefficient (Wildman–Crippen LogP) is 0.246. The number of piperazine rings is 1. The number of hydrogen-bond acceptors (Lipinski definition) is 7. The maximum absolute atomic E-state index is 12.5. The molecular weight excluding hydrogens is 348 g/mol. The van der Waals surface area contributed by atoms with Crippen molar-refractivity contribution >= 4 is 23.3 Å². The summed E-state index contributed by atoms with van der Waals surface area (Å²) < 4.78 is 1.47. The number of amides is 2.